The second-order valence-electron chi connectivity index (χ2n) is 11.4. The van der Waals surface area contributed by atoms with Crippen LogP contribution in [0.15, 0.2) is 42.5 Å². The second kappa shape index (κ2) is 10.2. The van der Waals surface area contributed by atoms with Crippen molar-refractivity contribution in [2.24, 2.45) is 0 Å². The number of hydrogen-bond acceptors (Lipinski definition) is 9. The average Bonchev–Trinajstić information content (AvgIpc) is 3.44. The molecule has 0 saturated carbocycles. The van der Waals surface area contributed by atoms with Crippen molar-refractivity contribution in [1.82, 2.24) is 9.55 Å². The fourth-order valence-corrected chi connectivity index (χ4v) is 6.21. The van der Waals surface area contributed by atoms with E-state index in [-0.39, 0.29) is 43.6 Å². The number of esters is 1. The van der Waals surface area contributed by atoms with E-state index in [4.69, 9.17) is 23.7 Å². The first-order chi connectivity index (χ1) is 19.0. The van der Waals surface area contributed by atoms with Gasteiger partial charge in [0.15, 0.2) is 0 Å². The van der Waals surface area contributed by atoms with Gasteiger partial charge in [0.05, 0.1) is 24.8 Å². The highest BCUT2D eigenvalue weighted by atomic mass is 16.7. The van der Waals surface area contributed by atoms with Gasteiger partial charge in [-0.15, -0.1) is 0 Å². The lowest BCUT2D eigenvalue weighted by Gasteiger charge is -2.44. The van der Waals surface area contributed by atoms with Gasteiger partial charge in [-0.3, -0.25) is 4.90 Å². The molecule has 3 aliphatic rings. The molecule has 1 amide bonds. The van der Waals surface area contributed by atoms with Gasteiger partial charge >= 0.3 is 12.1 Å². The Hall–Kier alpha value is -3.51. The van der Waals surface area contributed by atoms with Gasteiger partial charge in [0.2, 0.25) is 0 Å². The van der Waals surface area contributed by atoms with Crippen LogP contribution in [0, 0.1) is 5.21 Å². The van der Waals surface area contributed by atoms with E-state index in [1.54, 1.807) is 20.8 Å². The summed E-state index contributed by atoms with van der Waals surface area (Å²) in [5, 5.41) is 14.8. The normalized spacial score (nSPS) is 27.9. The van der Waals surface area contributed by atoms with Gasteiger partial charge in [-0.2, -0.15) is 0 Å². The van der Waals surface area contributed by atoms with Crippen LogP contribution in [0.25, 0.3) is 0 Å². The van der Waals surface area contributed by atoms with Crippen molar-refractivity contribution in [1.29, 1.82) is 0 Å². The number of methoxy groups -OCH3 is 2. The van der Waals surface area contributed by atoms with Gasteiger partial charge in [0.25, 0.3) is 0 Å². The molecule has 3 aliphatic heterocycles. The molecule has 2 fully saturated rings. The van der Waals surface area contributed by atoms with Gasteiger partial charge < -0.3 is 38.3 Å². The lowest BCUT2D eigenvalue weighted by Crippen LogP contribution is -2.59. The van der Waals surface area contributed by atoms with E-state index in [0.29, 0.717) is 11.8 Å². The molecule has 5 atom stereocenters. The minimum absolute atomic E-state index is 0.00973. The number of carbonyl (C=O) groups excluding carboxylic acids is 3. The van der Waals surface area contributed by atoms with Gasteiger partial charge in [0.1, 0.15) is 66.8 Å². The third-order valence-electron chi connectivity index (χ3n) is 7.71. The number of nitrogens with zero attached hydrogens (tertiary/aromatic N) is 2. The van der Waals surface area contributed by atoms with E-state index >= 15 is 0 Å². The van der Waals surface area contributed by atoms with Crippen LogP contribution in [0.4, 0.5) is 10.5 Å². The summed E-state index contributed by atoms with van der Waals surface area (Å²) in [6.07, 6.45) is 0.170. The summed E-state index contributed by atoms with van der Waals surface area (Å²) >= 11 is 0. The number of piperazine rings is 1. The number of ether oxygens (including phenoxy) is 5. The number of hydrogen-bond donors (Lipinski definition) is 0. The maximum absolute atomic E-state index is 14.8. The zero-order chi connectivity index (χ0) is 28.9. The quantitative estimate of drug-likeness (QED) is 0.0874. The maximum atomic E-state index is 14.8. The number of carbonyl (C=O) groups is 3. The lowest BCUT2D eigenvalue weighted by atomic mass is 9.76. The summed E-state index contributed by atoms with van der Waals surface area (Å²) in [5.74, 6) is -0.437. The van der Waals surface area contributed by atoms with Crippen LogP contribution >= 0.6 is 0 Å². The third kappa shape index (κ3) is 4.52. The van der Waals surface area contributed by atoms with Crippen molar-refractivity contribution in [3.8, 4) is 5.75 Å². The minimum Gasteiger partial charge on any atom is -0.627 e. The highest BCUT2D eigenvalue weighted by Crippen LogP contribution is 2.62. The van der Waals surface area contributed by atoms with Crippen LogP contribution in [-0.4, -0.2) is 81.1 Å². The maximum Gasteiger partial charge on any atom is 0.411 e. The first kappa shape index (κ1) is 28.0. The molecule has 2 aromatic carbocycles. The van der Waals surface area contributed by atoms with Crippen molar-refractivity contribution in [3.05, 3.63) is 64.4 Å². The fraction of sp³-hybridized carbons (Fsp3) is 0.483. The van der Waals surface area contributed by atoms with Crippen molar-refractivity contribution in [2.75, 3.05) is 34.2 Å². The first-order valence-corrected chi connectivity index (χ1v) is 13.1. The Balaban J connectivity index is 1.62. The van der Waals surface area contributed by atoms with Crippen LogP contribution in [0.2, 0.25) is 0 Å². The molecule has 11 nitrogen and oxygen atoms in total. The molecular weight excluding hydrogens is 520 g/mol. The molecule has 2 saturated heterocycles. The molecule has 0 bridgehead atoms. The molecule has 0 N–H and O–H groups in total. The minimum atomic E-state index is -1.49. The molecule has 214 valence electrons. The van der Waals surface area contributed by atoms with E-state index < -0.39 is 45.9 Å². The third-order valence-corrected chi connectivity index (χ3v) is 7.71. The zero-order valence-corrected chi connectivity index (χ0v) is 23.2. The number of rotatable bonds is 9. The Morgan fingerprint density at radius 1 is 1.18 bits per heavy atom. The number of amides is 1. The van der Waals surface area contributed by atoms with E-state index in [9.17, 15) is 19.6 Å². The molecule has 11 heteroatoms. The average molecular weight is 555 g/mol. The Morgan fingerprint density at radius 2 is 1.90 bits per heavy atom. The lowest BCUT2D eigenvalue weighted by molar-refractivity contribution is -0.120. The molecule has 2 aromatic rings. The van der Waals surface area contributed by atoms with Gasteiger partial charge in [-0.1, -0.05) is 30.3 Å². The molecule has 0 aliphatic carbocycles. The summed E-state index contributed by atoms with van der Waals surface area (Å²) in [6.45, 7) is 5.12. The van der Waals surface area contributed by atoms with Crippen molar-refractivity contribution in [3.63, 3.8) is 0 Å². The van der Waals surface area contributed by atoms with E-state index in [0.717, 1.165) is 5.56 Å². The van der Waals surface area contributed by atoms with Crippen LogP contribution in [-0.2, 0) is 35.8 Å². The predicted octanol–water partition coefficient (Wildman–Crippen LogP) is 3.30. The molecule has 0 spiro atoms. The summed E-state index contributed by atoms with van der Waals surface area (Å²) in [4.78, 5) is 40.4. The number of fused-ring (bicyclic) bond motifs is 5. The summed E-state index contributed by atoms with van der Waals surface area (Å²) in [5.41, 5.74) is -0.674. The van der Waals surface area contributed by atoms with Gasteiger partial charge in [-0.25, -0.2) is 9.59 Å². The number of quaternary nitrogens is 1. The Kier molecular flexibility index (Phi) is 7.11. The summed E-state index contributed by atoms with van der Waals surface area (Å²) < 4.78 is 26.7. The SMILES string of the molecule is COCOC[C@@]1(C=O)c2c(OCc3ccccc3)cc(C(=O)OC)cc2[N+]2([O-])C[C@H]3[C@@H]([C@H]12)N3C(=O)OC(C)(C)C. The number of benzene rings is 2. The molecule has 40 heavy (non-hydrogen) atoms. The summed E-state index contributed by atoms with van der Waals surface area (Å²) in [6, 6.07) is 10.4. The highest BCUT2D eigenvalue weighted by Gasteiger charge is 2.78. The van der Waals surface area contributed by atoms with Crippen LogP contribution < -0.4 is 9.38 Å². The van der Waals surface area contributed by atoms with Crippen LogP contribution in [0.1, 0.15) is 42.3 Å². The summed E-state index contributed by atoms with van der Waals surface area (Å²) in [7, 11) is 2.71. The standard InChI is InChI=1S/C29H34N2O9/c1-28(2,3)40-27(34)30-20-13-31(35)21-11-19(26(33)37-5)12-22(39-14-18-9-7-6-8-10-18)23(21)29(15-32,16-38-17-36-4)25(31)24(20)30/h6-12,15,20,24-25H,13-14,16-17H2,1-5H3/t20-,24-,25+,29-,30?,31?/m0/s1. The molecular formula is C29H34N2O9. The van der Waals surface area contributed by atoms with Crippen LogP contribution in [0.3, 0.4) is 0 Å². The number of hydroxylamine groups is 2. The Labute approximate surface area is 232 Å². The predicted molar refractivity (Wildman–Crippen MR) is 144 cm³/mol. The van der Waals surface area contributed by atoms with Gasteiger partial charge in [-0.05, 0) is 32.4 Å². The smallest absolute Gasteiger partial charge is 0.411 e. The zero-order valence-electron chi connectivity index (χ0n) is 23.2. The van der Waals surface area contributed by atoms with Gasteiger partial charge in [0, 0.05) is 13.2 Å². The Bertz CT molecular complexity index is 1310. The Morgan fingerprint density at radius 3 is 2.52 bits per heavy atom. The topological polar surface area (TPSA) is 123 Å². The molecule has 0 aromatic heterocycles. The van der Waals surface area contributed by atoms with Crippen molar-refractivity contribution >= 4 is 24.0 Å². The van der Waals surface area contributed by atoms with Crippen molar-refractivity contribution in [2.45, 2.75) is 56.5 Å². The second-order valence-corrected chi connectivity index (χ2v) is 11.4. The number of aldehydes is 1. The largest absolute Gasteiger partial charge is 0.627 e. The van der Waals surface area contributed by atoms with E-state index in [1.165, 1.54) is 31.3 Å². The fourth-order valence-electron chi connectivity index (χ4n) is 6.21. The molecule has 3 heterocycles. The van der Waals surface area contributed by atoms with E-state index in [1.807, 2.05) is 30.3 Å². The molecule has 0 radical (unpaired) electrons. The molecule has 5 rings (SSSR count). The monoisotopic (exact) mass is 554 g/mol. The first-order valence-electron chi connectivity index (χ1n) is 13.1. The van der Waals surface area contributed by atoms with Crippen molar-refractivity contribution < 1.29 is 38.1 Å². The molecule has 1 unspecified atom stereocenters. The highest BCUT2D eigenvalue weighted by molar-refractivity contribution is 5.94. The van der Waals surface area contributed by atoms with E-state index in [2.05, 4.69) is 0 Å². The van der Waals surface area contributed by atoms with Crippen LogP contribution in [0.5, 0.6) is 5.75 Å².